The van der Waals surface area contributed by atoms with Crippen molar-refractivity contribution in [2.45, 2.75) is 6.42 Å². The number of Topliss-reactive ketones (excluding diaryl/α,β-unsaturated/α-hetero) is 1. The summed E-state index contributed by atoms with van der Waals surface area (Å²) in [7, 11) is 1.90. The maximum atomic E-state index is 14.8. The molecule has 0 aromatic heterocycles. The van der Waals surface area contributed by atoms with Crippen molar-refractivity contribution in [1.29, 1.82) is 0 Å². The van der Waals surface area contributed by atoms with Gasteiger partial charge < -0.3 is 10.2 Å². The smallest absolute Gasteiger partial charge is 0.255 e. The number of amidine groups is 1. The van der Waals surface area contributed by atoms with Gasteiger partial charge in [0, 0.05) is 41.9 Å². The molecule has 1 amide bonds. The van der Waals surface area contributed by atoms with E-state index < -0.39 is 11.6 Å². The Morgan fingerprint density at radius 1 is 1.06 bits per heavy atom. The van der Waals surface area contributed by atoms with Gasteiger partial charge in [0.2, 0.25) is 0 Å². The second kappa shape index (κ2) is 9.32. The third kappa shape index (κ3) is 4.70. The number of ketones is 1. The molecule has 0 aliphatic carbocycles. The van der Waals surface area contributed by atoms with Crippen LogP contribution in [0.2, 0.25) is 5.02 Å². The molecule has 32 heavy (non-hydrogen) atoms. The number of aliphatic imine (C=N–C) groups is 1. The quantitative estimate of drug-likeness (QED) is 0.547. The molecule has 1 aliphatic rings. The van der Waals surface area contributed by atoms with Gasteiger partial charge in [0.25, 0.3) is 5.91 Å². The summed E-state index contributed by atoms with van der Waals surface area (Å²) in [5, 5.41) is 3.36. The summed E-state index contributed by atoms with van der Waals surface area (Å²) in [6.45, 7) is 1.45. The van der Waals surface area contributed by atoms with Crippen molar-refractivity contribution >= 4 is 34.8 Å². The highest BCUT2D eigenvalue weighted by Gasteiger charge is 2.20. The lowest BCUT2D eigenvalue weighted by Gasteiger charge is -2.14. The third-order valence-electron chi connectivity index (χ3n) is 5.30. The third-order valence-corrected chi connectivity index (χ3v) is 5.55. The number of anilines is 1. The first-order valence-corrected chi connectivity index (χ1v) is 10.5. The number of halogens is 2. The van der Waals surface area contributed by atoms with Crippen molar-refractivity contribution in [3.63, 3.8) is 0 Å². The van der Waals surface area contributed by atoms with E-state index in [0.717, 1.165) is 6.54 Å². The van der Waals surface area contributed by atoms with E-state index in [4.69, 9.17) is 11.6 Å². The molecule has 0 atom stereocenters. The topological polar surface area (TPSA) is 61.8 Å². The maximum Gasteiger partial charge on any atom is 0.255 e. The van der Waals surface area contributed by atoms with Gasteiger partial charge in [-0.15, -0.1) is 0 Å². The van der Waals surface area contributed by atoms with Gasteiger partial charge in [-0.2, -0.15) is 0 Å². The molecule has 0 fully saturated rings. The molecule has 7 heteroatoms. The first-order chi connectivity index (χ1) is 15.4. The molecule has 4 rings (SSSR count). The Bertz CT molecular complexity index is 1210. The Hall–Kier alpha value is -3.51. The van der Waals surface area contributed by atoms with E-state index in [1.165, 1.54) is 12.1 Å². The zero-order valence-corrected chi connectivity index (χ0v) is 18.2. The van der Waals surface area contributed by atoms with Gasteiger partial charge >= 0.3 is 0 Å². The molecule has 1 N–H and O–H groups in total. The van der Waals surface area contributed by atoms with E-state index in [-0.39, 0.29) is 17.9 Å². The number of hydrogen-bond donors (Lipinski definition) is 1. The fourth-order valence-corrected chi connectivity index (χ4v) is 3.75. The van der Waals surface area contributed by atoms with Crippen LogP contribution < -0.4 is 5.32 Å². The molecule has 0 spiro atoms. The standard InChI is InChI=1S/C25H21ClFN3O2/c1-30-13-12-28-24(30)17-6-11-21(22(27)14-17)23(31)15-16-4-2-3-5-20(16)25(32)29-19-9-7-18(26)8-10-19/h2-11,14H,12-13,15H2,1H3,(H,29,32). The van der Waals surface area contributed by atoms with Crippen molar-refractivity contribution in [2.24, 2.45) is 4.99 Å². The van der Waals surface area contributed by atoms with Crippen LogP contribution >= 0.6 is 11.6 Å². The number of benzene rings is 3. The highest BCUT2D eigenvalue weighted by Crippen LogP contribution is 2.20. The molecule has 0 bridgehead atoms. The molecule has 0 saturated carbocycles. The van der Waals surface area contributed by atoms with E-state index in [1.807, 2.05) is 11.9 Å². The Labute approximate surface area is 190 Å². The number of carbonyl (C=O) groups is 2. The van der Waals surface area contributed by atoms with Gasteiger partial charge in [-0.1, -0.05) is 35.9 Å². The summed E-state index contributed by atoms with van der Waals surface area (Å²) in [4.78, 5) is 32.0. The average Bonchev–Trinajstić information content (AvgIpc) is 3.21. The number of amides is 1. The molecule has 1 heterocycles. The number of nitrogens with zero attached hydrogens (tertiary/aromatic N) is 2. The molecular formula is C25H21ClFN3O2. The lowest BCUT2D eigenvalue weighted by Crippen LogP contribution is -2.23. The van der Waals surface area contributed by atoms with E-state index >= 15 is 0 Å². The molecule has 3 aromatic carbocycles. The van der Waals surface area contributed by atoms with Gasteiger partial charge in [-0.3, -0.25) is 14.6 Å². The summed E-state index contributed by atoms with van der Waals surface area (Å²) in [5.41, 5.74) is 2.09. The Morgan fingerprint density at radius 3 is 2.50 bits per heavy atom. The van der Waals surface area contributed by atoms with E-state index in [0.29, 0.717) is 39.8 Å². The fourth-order valence-electron chi connectivity index (χ4n) is 3.62. The van der Waals surface area contributed by atoms with Crippen LogP contribution in [0.4, 0.5) is 10.1 Å². The number of nitrogens with one attached hydrogen (secondary N) is 1. The first kappa shape index (κ1) is 21.7. The molecule has 5 nitrogen and oxygen atoms in total. The van der Waals surface area contributed by atoms with Crippen molar-refractivity contribution in [3.8, 4) is 0 Å². The summed E-state index contributed by atoms with van der Waals surface area (Å²) in [5.74, 6) is -0.637. The highest BCUT2D eigenvalue weighted by molar-refractivity contribution is 6.30. The van der Waals surface area contributed by atoms with Crippen LogP contribution in [0.5, 0.6) is 0 Å². The number of carbonyl (C=O) groups excluding carboxylic acids is 2. The largest absolute Gasteiger partial charge is 0.358 e. The molecular weight excluding hydrogens is 429 g/mol. The van der Waals surface area contributed by atoms with Gasteiger partial charge in [0.15, 0.2) is 5.78 Å². The highest BCUT2D eigenvalue weighted by atomic mass is 35.5. The molecule has 162 valence electrons. The van der Waals surface area contributed by atoms with Crippen LogP contribution in [0.3, 0.4) is 0 Å². The Balaban J connectivity index is 1.52. The predicted molar refractivity (Wildman–Crippen MR) is 124 cm³/mol. The molecule has 1 aliphatic heterocycles. The lowest BCUT2D eigenvalue weighted by molar-refractivity contribution is 0.0988. The number of rotatable bonds is 6. The van der Waals surface area contributed by atoms with Crippen molar-refractivity contribution in [1.82, 2.24) is 4.90 Å². The number of likely N-dealkylation sites (N-methyl/N-ethyl adjacent to an activating group) is 1. The predicted octanol–water partition coefficient (Wildman–Crippen LogP) is 4.85. The summed E-state index contributed by atoms with van der Waals surface area (Å²) in [6.07, 6.45) is -0.0959. The zero-order valence-electron chi connectivity index (χ0n) is 17.4. The number of hydrogen-bond acceptors (Lipinski definition) is 4. The van der Waals surface area contributed by atoms with Gasteiger partial charge in [-0.25, -0.2) is 4.39 Å². The normalized spacial score (nSPS) is 13.1. The maximum absolute atomic E-state index is 14.8. The van der Waals surface area contributed by atoms with Crippen LogP contribution in [0.15, 0.2) is 71.7 Å². The van der Waals surface area contributed by atoms with E-state index in [1.54, 1.807) is 54.6 Å². The van der Waals surface area contributed by atoms with Gasteiger partial charge in [-0.05, 0) is 48.0 Å². The minimum absolute atomic E-state index is 0.0112. The second-order valence-electron chi connectivity index (χ2n) is 7.54. The second-order valence-corrected chi connectivity index (χ2v) is 7.98. The first-order valence-electron chi connectivity index (χ1n) is 10.2. The monoisotopic (exact) mass is 449 g/mol. The Kier molecular flexibility index (Phi) is 6.32. The van der Waals surface area contributed by atoms with Crippen LogP contribution in [0.1, 0.15) is 31.8 Å². The molecule has 0 saturated heterocycles. The summed E-state index contributed by atoms with van der Waals surface area (Å²) >= 11 is 5.88. The van der Waals surface area contributed by atoms with E-state index in [9.17, 15) is 14.0 Å². The van der Waals surface area contributed by atoms with Crippen LogP contribution in [-0.4, -0.2) is 42.6 Å². The van der Waals surface area contributed by atoms with Gasteiger partial charge in [0.05, 0.1) is 12.1 Å². The van der Waals surface area contributed by atoms with Crippen molar-refractivity contribution in [2.75, 3.05) is 25.5 Å². The summed E-state index contributed by atoms with van der Waals surface area (Å²) in [6, 6.07) is 18.1. The zero-order chi connectivity index (χ0) is 22.7. The minimum atomic E-state index is -0.599. The lowest BCUT2D eigenvalue weighted by atomic mass is 9.97. The summed E-state index contributed by atoms with van der Waals surface area (Å²) < 4.78 is 14.8. The van der Waals surface area contributed by atoms with E-state index in [2.05, 4.69) is 10.3 Å². The van der Waals surface area contributed by atoms with Crippen LogP contribution in [0.25, 0.3) is 0 Å². The van der Waals surface area contributed by atoms with Crippen LogP contribution in [-0.2, 0) is 6.42 Å². The molecule has 0 unspecified atom stereocenters. The van der Waals surface area contributed by atoms with Gasteiger partial charge in [0.1, 0.15) is 11.7 Å². The van der Waals surface area contributed by atoms with Crippen molar-refractivity contribution < 1.29 is 14.0 Å². The van der Waals surface area contributed by atoms with Crippen molar-refractivity contribution in [3.05, 3.63) is 99.8 Å². The molecule has 3 aromatic rings. The molecule has 0 radical (unpaired) electrons. The SMILES string of the molecule is CN1CCN=C1c1ccc(C(=O)Cc2ccccc2C(=O)Nc2ccc(Cl)cc2)c(F)c1. The average molecular weight is 450 g/mol. The fraction of sp³-hybridized carbons (Fsp3) is 0.160. The Morgan fingerprint density at radius 2 is 1.81 bits per heavy atom. The minimum Gasteiger partial charge on any atom is -0.358 e. The van der Waals surface area contributed by atoms with Crippen LogP contribution in [0, 0.1) is 5.82 Å².